The number of hydrogen-bond donors (Lipinski definition) is 3. The predicted molar refractivity (Wildman–Crippen MR) is 110 cm³/mol. The summed E-state index contributed by atoms with van der Waals surface area (Å²) in [6.07, 6.45) is 1.38. The molecule has 8 heteroatoms. The molecule has 1 aromatic carbocycles. The Hall–Kier alpha value is -2.45. The number of benzene rings is 1. The van der Waals surface area contributed by atoms with Crippen molar-refractivity contribution in [3.05, 3.63) is 29.3 Å². The molecule has 1 aromatic rings. The van der Waals surface area contributed by atoms with Gasteiger partial charge in [0.15, 0.2) is 0 Å². The van der Waals surface area contributed by atoms with Crippen LogP contribution in [0, 0.1) is 18.8 Å². The van der Waals surface area contributed by atoms with Gasteiger partial charge in [-0.1, -0.05) is 0 Å². The van der Waals surface area contributed by atoms with E-state index in [0.29, 0.717) is 29.6 Å². The lowest BCUT2D eigenvalue weighted by Gasteiger charge is -2.38. The third-order valence-electron chi connectivity index (χ3n) is 5.84. The number of aliphatic hydroxyl groups is 1. The second-order valence-corrected chi connectivity index (χ2v) is 8.12. The minimum atomic E-state index is -0.319. The van der Waals surface area contributed by atoms with E-state index in [1.807, 2.05) is 32.0 Å². The van der Waals surface area contributed by atoms with Crippen molar-refractivity contribution in [2.24, 2.45) is 11.8 Å². The summed E-state index contributed by atoms with van der Waals surface area (Å²) < 4.78 is 0. The standard InChI is InChI=1S/C20H29N3O3.CH2O2/c1-12-7-16(21-13(2)24)5-6-17(12)20(26)23-10-14-8-18(22(3)4)19(25)9-15(14)11-23;2-1-3/h5-7,14-15,18-19,25H,8-11H2,1-4H3,(H,21,24);1H,(H,2,3)/t14-,15+,18-,19-;/m1./s1. The maximum absolute atomic E-state index is 13.0. The molecule has 3 rings (SSSR count). The maximum Gasteiger partial charge on any atom is 0.290 e. The van der Waals surface area contributed by atoms with Gasteiger partial charge in [-0.2, -0.15) is 0 Å². The number of carboxylic acid groups (broad SMARTS) is 1. The molecule has 1 saturated carbocycles. The lowest BCUT2D eigenvalue weighted by Crippen LogP contribution is -2.46. The molecule has 4 atom stereocenters. The normalized spacial score (nSPS) is 25.7. The van der Waals surface area contributed by atoms with Crippen LogP contribution >= 0.6 is 0 Å². The van der Waals surface area contributed by atoms with Crippen LogP contribution in [-0.4, -0.2) is 77.6 Å². The van der Waals surface area contributed by atoms with Gasteiger partial charge in [-0.25, -0.2) is 0 Å². The first-order valence-electron chi connectivity index (χ1n) is 9.77. The van der Waals surface area contributed by atoms with Crippen LogP contribution < -0.4 is 5.32 Å². The van der Waals surface area contributed by atoms with Gasteiger partial charge >= 0.3 is 0 Å². The molecule has 0 radical (unpaired) electrons. The van der Waals surface area contributed by atoms with Crippen LogP contribution in [0.5, 0.6) is 0 Å². The molecule has 0 unspecified atom stereocenters. The van der Waals surface area contributed by atoms with Crippen LogP contribution in [0.15, 0.2) is 18.2 Å². The monoisotopic (exact) mass is 405 g/mol. The minimum absolute atomic E-state index is 0.0437. The summed E-state index contributed by atoms with van der Waals surface area (Å²) in [6.45, 7) is 4.59. The second kappa shape index (κ2) is 9.84. The first-order valence-corrected chi connectivity index (χ1v) is 9.77. The third-order valence-corrected chi connectivity index (χ3v) is 5.84. The summed E-state index contributed by atoms with van der Waals surface area (Å²) >= 11 is 0. The molecular formula is C21H31N3O5. The molecule has 0 spiro atoms. The molecule has 2 aliphatic rings. The van der Waals surface area contributed by atoms with Gasteiger partial charge < -0.3 is 25.3 Å². The summed E-state index contributed by atoms with van der Waals surface area (Å²) in [7, 11) is 4.01. The molecule has 3 N–H and O–H groups in total. The summed E-state index contributed by atoms with van der Waals surface area (Å²) in [6, 6.07) is 5.58. The summed E-state index contributed by atoms with van der Waals surface area (Å²) in [4.78, 5) is 36.6. The predicted octanol–water partition coefficient (Wildman–Crippen LogP) is 1.43. The smallest absolute Gasteiger partial charge is 0.290 e. The Bertz CT molecular complexity index is 752. The van der Waals surface area contributed by atoms with Gasteiger partial charge in [0.1, 0.15) is 0 Å². The van der Waals surface area contributed by atoms with E-state index in [1.54, 1.807) is 12.1 Å². The highest BCUT2D eigenvalue weighted by atomic mass is 16.3. The molecule has 1 saturated heterocycles. The van der Waals surface area contributed by atoms with E-state index in [-0.39, 0.29) is 30.4 Å². The SMILES string of the molecule is CC(=O)Nc1ccc(C(=O)N2C[C@H]3C[C@@H](N(C)C)[C@H](O)C[C@H]3C2)c(C)c1.O=CO. The summed E-state index contributed by atoms with van der Waals surface area (Å²) in [5.74, 6) is 0.751. The van der Waals surface area contributed by atoms with E-state index >= 15 is 0 Å². The average Bonchev–Trinajstić information content (AvgIpc) is 3.03. The van der Waals surface area contributed by atoms with Crippen LogP contribution in [0.3, 0.4) is 0 Å². The number of aliphatic hydroxyl groups excluding tert-OH is 1. The fourth-order valence-electron chi connectivity index (χ4n) is 4.48. The van der Waals surface area contributed by atoms with Crippen LogP contribution in [0.4, 0.5) is 5.69 Å². The van der Waals surface area contributed by atoms with Crippen LogP contribution in [0.25, 0.3) is 0 Å². The van der Waals surface area contributed by atoms with E-state index in [0.717, 1.165) is 24.9 Å². The lowest BCUT2D eigenvalue weighted by molar-refractivity contribution is -0.123. The number of likely N-dealkylation sites (tertiary alicyclic amines) is 1. The van der Waals surface area contributed by atoms with Gasteiger partial charge in [-0.3, -0.25) is 14.4 Å². The van der Waals surface area contributed by atoms with E-state index in [1.165, 1.54) is 6.92 Å². The zero-order valence-corrected chi connectivity index (χ0v) is 17.5. The molecule has 1 aliphatic carbocycles. The van der Waals surface area contributed by atoms with Crippen molar-refractivity contribution >= 4 is 24.0 Å². The molecule has 29 heavy (non-hydrogen) atoms. The Kier molecular flexibility index (Phi) is 7.75. The number of nitrogens with one attached hydrogen (secondary N) is 1. The van der Waals surface area contributed by atoms with Crippen molar-refractivity contribution in [1.29, 1.82) is 0 Å². The van der Waals surface area contributed by atoms with Crippen molar-refractivity contribution in [2.75, 3.05) is 32.5 Å². The Morgan fingerprint density at radius 2 is 1.79 bits per heavy atom. The molecule has 1 aliphatic heterocycles. The molecule has 0 aromatic heterocycles. The molecule has 8 nitrogen and oxygen atoms in total. The van der Waals surface area contributed by atoms with Crippen molar-refractivity contribution in [2.45, 2.75) is 38.8 Å². The lowest BCUT2D eigenvalue weighted by atomic mass is 9.77. The number of carbonyl (C=O) groups is 3. The van der Waals surface area contributed by atoms with Crippen LogP contribution in [-0.2, 0) is 9.59 Å². The van der Waals surface area contributed by atoms with Gasteiger partial charge in [-0.15, -0.1) is 0 Å². The number of fused-ring (bicyclic) bond motifs is 1. The van der Waals surface area contributed by atoms with Gasteiger partial charge in [0, 0.05) is 37.3 Å². The quantitative estimate of drug-likeness (QED) is 0.656. The Balaban J connectivity index is 0.000000941. The van der Waals surface area contributed by atoms with Crippen molar-refractivity contribution in [3.63, 3.8) is 0 Å². The maximum atomic E-state index is 13.0. The van der Waals surface area contributed by atoms with E-state index in [2.05, 4.69) is 10.2 Å². The number of aryl methyl sites for hydroxylation is 1. The van der Waals surface area contributed by atoms with E-state index in [9.17, 15) is 14.7 Å². The molecule has 1 heterocycles. The first kappa shape index (κ1) is 22.8. The zero-order valence-electron chi connectivity index (χ0n) is 17.5. The van der Waals surface area contributed by atoms with Crippen molar-refractivity contribution in [1.82, 2.24) is 9.80 Å². The fourth-order valence-corrected chi connectivity index (χ4v) is 4.48. The minimum Gasteiger partial charge on any atom is -0.483 e. The summed E-state index contributed by atoms with van der Waals surface area (Å²) in [5.41, 5.74) is 2.25. The molecule has 2 fully saturated rings. The highest BCUT2D eigenvalue weighted by Gasteiger charge is 2.43. The van der Waals surface area contributed by atoms with Crippen LogP contribution in [0.1, 0.15) is 35.7 Å². The van der Waals surface area contributed by atoms with Crippen molar-refractivity contribution < 1.29 is 24.6 Å². The fraction of sp³-hybridized carbons (Fsp3) is 0.571. The third kappa shape index (κ3) is 5.55. The van der Waals surface area contributed by atoms with E-state index in [4.69, 9.17) is 9.90 Å². The molecule has 160 valence electrons. The highest BCUT2D eigenvalue weighted by molar-refractivity contribution is 5.97. The Morgan fingerprint density at radius 1 is 1.21 bits per heavy atom. The number of rotatable bonds is 3. The Labute approximate surface area is 171 Å². The summed E-state index contributed by atoms with van der Waals surface area (Å²) in [5, 5.41) is 20.0. The topological polar surface area (TPSA) is 110 Å². The molecular weight excluding hydrogens is 374 g/mol. The number of hydrogen-bond acceptors (Lipinski definition) is 5. The van der Waals surface area contributed by atoms with Crippen molar-refractivity contribution in [3.8, 4) is 0 Å². The van der Waals surface area contributed by atoms with E-state index < -0.39 is 0 Å². The number of likely N-dealkylation sites (N-methyl/N-ethyl adjacent to an activating group) is 1. The molecule has 2 amide bonds. The zero-order chi connectivity index (χ0) is 21.7. The first-order chi connectivity index (χ1) is 13.7. The average molecular weight is 405 g/mol. The molecule has 0 bridgehead atoms. The van der Waals surface area contributed by atoms with Gasteiger partial charge in [0.2, 0.25) is 5.91 Å². The van der Waals surface area contributed by atoms with Crippen LogP contribution in [0.2, 0.25) is 0 Å². The largest absolute Gasteiger partial charge is 0.483 e. The van der Waals surface area contributed by atoms with Gasteiger partial charge in [0.05, 0.1) is 6.10 Å². The Morgan fingerprint density at radius 3 is 2.31 bits per heavy atom. The van der Waals surface area contributed by atoms with Gasteiger partial charge in [-0.05, 0) is 69.5 Å². The highest BCUT2D eigenvalue weighted by Crippen LogP contribution is 2.38. The number of amides is 2. The second-order valence-electron chi connectivity index (χ2n) is 8.12. The van der Waals surface area contributed by atoms with Gasteiger partial charge in [0.25, 0.3) is 12.4 Å². The number of nitrogens with zero attached hydrogens (tertiary/aromatic N) is 2. The number of anilines is 1. The number of carbonyl (C=O) groups excluding carboxylic acids is 2.